The van der Waals surface area contributed by atoms with Crippen molar-refractivity contribution in [3.05, 3.63) is 71.7 Å². The highest BCUT2D eigenvalue weighted by Gasteiger charge is 2.12. The van der Waals surface area contributed by atoms with Gasteiger partial charge in [-0.15, -0.1) is 0 Å². The number of ketones is 1. The maximum Gasteiger partial charge on any atom is 0.202 e. The Kier molecular flexibility index (Phi) is 4.52. The summed E-state index contributed by atoms with van der Waals surface area (Å²) in [6.07, 6.45) is 1.77. The summed E-state index contributed by atoms with van der Waals surface area (Å²) in [4.78, 5) is 12.4. The lowest BCUT2D eigenvalue weighted by Crippen LogP contribution is -2.25. The number of nitrogens with zero attached hydrogens (tertiary/aromatic N) is 2. The molecule has 0 fully saturated rings. The molecule has 25 heavy (non-hydrogen) atoms. The van der Waals surface area contributed by atoms with Gasteiger partial charge in [0.1, 0.15) is 11.6 Å². The van der Waals surface area contributed by atoms with Gasteiger partial charge in [-0.2, -0.15) is 0 Å². The van der Waals surface area contributed by atoms with E-state index in [1.54, 1.807) is 29.5 Å². The molecule has 0 amide bonds. The zero-order valence-corrected chi connectivity index (χ0v) is 14.0. The van der Waals surface area contributed by atoms with Gasteiger partial charge in [0.15, 0.2) is 5.78 Å². The molecule has 0 saturated carbocycles. The van der Waals surface area contributed by atoms with E-state index < -0.39 is 0 Å². The number of hydrogen-bond donors (Lipinski definition) is 1. The molecule has 0 unspecified atom stereocenters. The summed E-state index contributed by atoms with van der Waals surface area (Å²) in [5.74, 6) is 0.195. The quantitative estimate of drug-likeness (QED) is 0.727. The summed E-state index contributed by atoms with van der Waals surface area (Å²) in [6.45, 7) is 0.0223. The summed E-state index contributed by atoms with van der Waals surface area (Å²) in [5, 5.41) is 8.22. The van der Waals surface area contributed by atoms with Crippen molar-refractivity contribution >= 4 is 5.78 Å². The molecular formula is C19H18FN3O2. The van der Waals surface area contributed by atoms with Gasteiger partial charge in [-0.25, -0.2) is 4.39 Å². The molecule has 6 heteroatoms. The van der Waals surface area contributed by atoms with Crippen LogP contribution in [-0.2, 0) is 13.6 Å². The van der Waals surface area contributed by atoms with Crippen LogP contribution in [0.5, 0.6) is 5.75 Å². The van der Waals surface area contributed by atoms with E-state index in [4.69, 9.17) is 10.1 Å². The van der Waals surface area contributed by atoms with Gasteiger partial charge in [0.2, 0.25) is 5.62 Å². The number of ether oxygens (including phenoxy) is 1. The Morgan fingerprint density at radius 3 is 2.36 bits per heavy atom. The van der Waals surface area contributed by atoms with Crippen LogP contribution in [-0.4, -0.2) is 22.0 Å². The molecule has 0 aliphatic heterocycles. The molecule has 1 N–H and O–H groups in total. The second kappa shape index (κ2) is 6.76. The number of carbonyl (C=O) groups is 1. The molecule has 0 aliphatic carbocycles. The van der Waals surface area contributed by atoms with Crippen LogP contribution < -0.4 is 10.4 Å². The van der Waals surface area contributed by atoms with Gasteiger partial charge in [0, 0.05) is 18.8 Å². The molecule has 0 bridgehead atoms. The Labute approximate surface area is 144 Å². The van der Waals surface area contributed by atoms with Crippen LogP contribution in [0, 0.1) is 11.2 Å². The Balaban J connectivity index is 1.89. The first kappa shape index (κ1) is 16.7. The number of benzene rings is 2. The molecule has 1 heterocycles. The minimum atomic E-state index is -0.383. The van der Waals surface area contributed by atoms with Gasteiger partial charge in [0.05, 0.1) is 19.3 Å². The van der Waals surface area contributed by atoms with Crippen molar-refractivity contribution in [3.63, 3.8) is 0 Å². The maximum absolute atomic E-state index is 13.0. The highest BCUT2D eigenvalue weighted by atomic mass is 19.1. The van der Waals surface area contributed by atoms with Crippen molar-refractivity contribution in [2.75, 3.05) is 7.11 Å². The Hall–Kier alpha value is -3.15. The number of methoxy groups -OCH3 is 1. The van der Waals surface area contributed by atoms with Gasteiger partial charge >= 0.3 is 0 Å². The van der Waals surface area contributed by atoms with Crippen LogP contribution in [0.1, 0.15) is 10.4 Å². The van der Waals surface area contributed by atoms with Crippen LogP contribution in [0.25, 0.3) is 11.3 Å². The predicted octanol–water partition coefficient (Wildman–Crippen LogP) is 3.00. The molecule has 0 saturated heterocycles. The topological polar surface area (TPSA) is 60.0 Å². The first-order chi connectivity index (χ1) is 12.0. The summed E-state index contributed by atoms with van der Waals surface area (Å²) < 4.78 is 21.4. The zero-order chi connectivity index (χ0) is 18.0. The lowest BCUT2D eigenvalue weighted by molar-refractivity contribution is 0.0970. The summed E-state index contributed by atoms with van der Waals surface area (Å²) in [5.41, 5.74) is 2.37. The van der Waals surface area contributed by atoms with E-state index in [0.29, 0.717) is 5.56 Å². The molecular weight excluding hydrogens is 321 g/mol. The lowest BCUT2D eigenvalue weighted by atomic mass is 10.1. The second-order valence-electron chi connectivity index (χ2n) is 5.68. The number of aromatic nitrogens is 2. The van der Waals surface area contributed by atoms with E-state index >= 15 is 0 Å². The number of hydrogen-bond acceptors (Lipinski definition) is 3. The van der Waals surface area contributed by atoms with Gasteiger partial charge in [0.25, 0.3) is 0 Å². The van der Waals surface area contributed by atoms with Gasteiger partial charge in [-0.3, -0.25) is 10.2 Å². The molecule has 2 aromatic carbocycles. The lowest BCUT2D eigenvalue weighted by Gasteiger charge is -2.03. The second-order valence-corrected chi connectivity index (χ2v) is 5.68. The monoisotopic (exact) mass is 339 g/mol. The number of carbonyl (C=O) groups excluding carboxylic acids is 1. The van der Waals surface area contributed by atoms with E-state index in [0.717, 1.165) is 17.0 Å². The third-order valence-corrected chi connectivity index (χ3v) is 4.10. The predicted molar refractivity (Wildman–Crippen MR) is 92.0 cm³/mol. The number of nitrogens with one attached hydrogen (secondary N) is 1. The van der Waals surface area contributed by atoms with Crippen LogP contribution in [0.2, 0.25) is 0 Å². The summed E-state index contributed by atoms with van der Waals surface area (Å²) >= 11 is 0. The molecule has 1 aromatic heterocycles. The minimum Gasteiger partial charge on any atom is -0.497 e. The molecule has 0 atom stereocenters. The van der Waals surface area contributed by atoms with Crippen molar-refractivity contribution in [2.24, 2.45) is 7.05 Å². The van der Waals surface area contributed by atoms with Crippen LogP contribution in [0.15, 0.2) is 54.7 Å². The van der Waals surface area contributed by atoms with Gasteiger partial charge in [-0.1, -0.05) is 0 Å². The maximum atomic E-state index is 13.0. The number of rotatable bonds is 5. The largest absolute Gasteiger partial charge is 0.497 e. The molecule has 0 aliphatic rings. The fourth-order valence-corrected chi connectivity index (χ4v) is 2.63. The number of halogens is 1. The Morgan fingerprint density at radius 2 is 1.76 bits per heavy atom. The average molecular weight is 339 g/mol. The fraction of sp³-hybridized carbons (Fsp3) is 0.158. The minimum absolute atomic E-state index is 0.0223. The average Bonchev–Trinajstić information content (AvgIpc) is 2.91. The third-order valence-electron chi connectivity index (χ3n) is 4.10. The van der Waals surface area contributed by atoms with Crippen molar-refractivity contribution in [3.8, 4) is 17.0 Å². The SMILES string of the molecule is COc1ccc(-c2cn(CC(=O)c3ccc(F)cc3)c(=N)n2C)cc1. The molecule has 5 nitrogen and oxygen atoms in total. The molecule has 0 spiro atoms. The van der Waals surface area contributed by atoms with E-state index in [9.17, 15) is 9.18 Å². The molecule has 0 radical (unpaired) electrons. The summed E-state index contributed by atoms with van der Waals surface area (Å²) in [6, 6.07) is 12.9. The van der Waals surface area contributed by atoms with Gasteiger partial charge in [-0.05, 0) is 54.1 Å². The number of imidazole rings is 1. The normalized spacial score (nSPS) is 10.7. The van der Waals surface area contributed by atoms with Gasteiger partial charge < -0.3 is 13.9 Å². The third kappa shape index (κ3) is 3.38. The summed E-state index contributed by atoms with van der Waals surface area (Å²) in [7, 11) is 3.38. The van der Waals surface area contributed by atoms with E-state index in [2.05, 4.69) is 0 Å². The first-order valence-corrected chi connectivity index (χ1v) is 7.73. The molecule has 3 rings (SSSR count). The smallest absolute Gasteiger partial charge is 0.202 e. The van der Waals surface area contributed by atoms with E-state index in [1.807, 2.05) is 24.3 Å². The highest BCUT2D eigenvalue weighted by molar-refractivity contribution is 5.95. The van der Waals surface area contributed by atoms with E-state index in [1.165, 1.54) is 24.3 Å². The van der Waals surface area contributed by atoms with Crippen molar-refractivity contribution in [2.45, 2.75) is 6.54 Å². The molecule has 3 aromatic rings. The van der Waals surface area contributed by atoms with Crippen LogP contribution >= 0.6 is 0 Å². The Morgan fingerprint density at radius 1 is 1.12 bits per heavy atom. The van der Waals surface area contributed by atoms with Crippen molar-refractivity contribution in [1.82, 2.24) is 9.13 Å². The van der Waals surface area contributed by atoms with Crippen LogP contribution in [0.4, 0.5) is 4.39 Å². The van der Waals surface area contributed by atoms with E-state index in [-0.39, 0.29) is 23.8 Å². The van der Waals surface area contributed by atoms with Crippen molar-refractivity contribution in [1.29, 1.82) is 5.41 Å². The van der Waals surface area contributed by atoms with Crippen LogP contribution in [0.3, 0.4) is 0 Å². The standard InChI is InChI=1S/C19H18FN3O2/c1-22-17(13-5-9-16(25-2)10-6-13)11-23(19(22)21)12-18(24)14-3-7-15(20)8-4-14/h3-11,21H,12H2,1-2H3. The molecule has 128 valence electrons. The number of Topliss-reactive ketones (excluding diaryl/α,β-unsaturated/α-hetero) is 1. The zero-order valence-electron chi connectivity index (χ0n) is 14.0. The fourth-order valence-electron chi connectivity index (χ4n) is 2.63. The van der Waals surface area contributed by atoms with Crippen molar-refractivity contribution < 1.29 is 13.9 Å². The Bertz CT molecular complexity index is 954. The first-order valence-electron chi connectivity index (χ1n) is 7.73. The highest BCUT2D eigenvalue weighted by Crippen LogP contribution is 2.21.